The molecule has 17 heavy (non-hydrogen) atoms. The number of hydrazine groups is 1. The molecule has 1 saturated carbocycles. The lowest BCUT2D eigenvalue weighted by atomic mass is 9.78. The Morgan fingerprint density at radius 2 is 1.65 bits per heavy atom. The Morgan fingerprint density at radius 1 is 1.00 bits per heavy atom. The van der Waals surface area contributed by atoms with Crippen LogP contribution in [0.25, 0.3) is 0 Å². The number of likely N-dealkylation sites (N-methyl/N-ethyl adjacent to an activating group) is 1. The highest BCUT2D eigenvalue weighted by atomic mass is 15.5. The van der Waals surface area contributed by atoms with Crippen molar-refractivity contribution in [1.82, 2.24) is 15.3 Å². The number of hydrogen-bond donors (Lipinski definition) is 1. The van der Waals surface area contributed by atoms with Crippen molar-refractivity contribution < 1.29 is 0 Å². The second kappa shape index (κ2) is 6.17. The van der Waals surface area contributed by atoms with Crippen LogP contribution in [0.2, 0.25) is 0 Å². The van der Waals surface area contributed by atoms with Crippen LogP contribution < -0.4 is 5.43 Å². The molecular weight excluding hydrogens is 210 g/mol. The summed E-state index contributed by atoms with van der Waals surface area (Å²) in [6.45, 7) is 9.52. The van der Waals surface area contributed by atoms with Crippen molar-refractivity contribution in [3.05, 3.63) is 0 Å². The molecule has 3 nitrogen and oxygen atoms in total. The molecule has 2 rings (SSSR count). The lowest BCUT2D eigenvalue weighted by molar-refractivity contribution is 0.0520. The van der Waals surface area contributed by atoms with Crippen molar-refractivity contribution in [3.63, 3.8) is 0 Å². The molecule has 0 aromatic rings. The number of nitrogens with zero attached hydrogens (tertiary/aromatic N) is 2. The van der Waals surface area contributed by atoms with E-state index in [1.54, 1.807) is 0 Å². The van der Waals surface area contributed by atoms with Gasteiger partial charge in [0.15, 0.2) is 0 Å². The van der Waals surface area contributed by atoms with E-state index >= 15 is 0 Å². The monoisotopic (exact) mass is 239 g/mol. The van der Waals surface area contributed by atoms with Gasteiger partial charge in [0.2, 0.25) is 0 Å². The lowest BCUT2D eigenvalue weighted by Gasteiger charge is -2.41. The highest BCUT2D eigenvalue weighted by molar-refractivity contribution is 4.83. The second-order valence-corrected chi connectivity index (χ2v) is 6.22. The molecule has 1 saturated heterocycles. The summed E-state index contributed by atoms with van der Waals surface area (Å²) in [6.07, 6.45) is 5.64. The zero-order chi connectivity index (χ0) is 12.3. The number of rotatable bonds is 3. The summed E-state index contributed by atoms with van der Waals surface area (Å²) in [6, 6.07) is 0.729. The van der Waals surface area contributed by atoms with Gasteiger partial charge in [0.05, 0.1) is 0 Å². The van der Waals surface area contributed by atoms with Crippen LogP contribution in [-0.2, 0) is 0 Å². The minimum absolute atomic E-state index is 0.729. The van der Waals surface area contributed by atoms with Crippen molar-refractivity contribution in [1.29, 1.82) is 0 Å². The molecule has 0 radical (unpaired) electrons. The molecule has 0 spiro atoms. The molecule has 3 heteroatoms. The minimum Gasteiger partial charge on any atom is -0.304 e. The summed E-state index contributed by atoms with van der Waals surface area (Å²) >= 11 is 0. The maximum absolute atomic E-state index is 3.82. The van der Waals surface area contributed by atoms with Gasteiger partial charge in [-0.25, -0.2) is 5.01 Å². The van der Waals surface area contributed by atoms with Gasteiger partial charge in [-0.05, 0) is 31.7 Å². The standard InChI is InChI=1S/C14H29N3/c1-12(2)13-6-4-5-7-14(13)15-17-10-8-16(3)9-11-17/h12-15H,4-11H2,1-3H3. The average Bonchev–Trinajstić information content (AvgIpc) is 2.32. The van der Waals surface area contributed by atoms with E-state index in [4.69, 9.17) is 0 Å². The zero-order valence-electron chi connectivity index (χ0n) is 11.8. The third-order valence-corrected chi connectivity index (χ3v) is 4.53. The van der Waals surface area contributed by atoms with Crippen LogP contribution in [0.15, 0.2) is 0 Å². The van der Waals surface area contributed by atoms with Gasteiger partial charge in [-0.15, -0.1) is 0 Å². The van der Waals surface area contributed by atoms with E-state index in [-0.39, 0.29) is 0 Å². The highest BCUT2D eigenvalue weighted by Crippen LogP contribution is 2.30. The second-order valence-electron chi connectivity index (χ2n) is 6.22. The summed E-state index contributed by atoms with van der Waals surface area (Å²) in [5, 5.41) is 2.46. The Hall–Kier alpha value is -0.120. The molecule has 1 aliphatic carbocycles. The summed E-state index contributed by atoms with van der Waals surface area (Å²) in [7, 11) is 2.22. The number of piperazine rings is 1. The molecule has 100 valence electrons. The number of hydrogen-bond acceptors (Lipinski definition) is 3. The molecule has 1 aliphatic heterocycles. The Kier molecular flexibility index (Phi) is 4.83. The van der Waals surface area contributed by atoms with E-state index in [9.17, 15) is 0 Å². The van der Waals surface area contributed by atoms with Crippen LogP contribution in [0.4, 0.5) is 0 Å². The van der Waals surface area contributed by atoms with Gasteiger partial charge in [0, 0.05) is 32.2 Å². The molecule has 2 fully saturated rings. The fourth-order valence-corrected chi connectivity index (χ4v) is 3.29. The smallest absolute Gasteiger partial charge is 0.0259 e. The van der Waals surface area contributed by atoms with Crippen molar-refractivity contribution in [2.45, 2.75) is 45.6 Å². The van der Waals surface area contributed by atoms with Crippen LogP contribution in [0.5, 0.6) is 0 Å². The summed E-state index contributed by atoms with van der Waals surface area (Å²) in [4.78, 5) is 2.42. The molecule has 2 atom stereocenters. The van der Waals surface area contributed by atoms with Crippen molar-refractivity contribution in [2.24, 2.45) is 11.8 Å². The van der Waals surface area contributed by atoms with E-state index < -0.39 is 0 Å². The van der Waals surface area contributed by atoms with Crippen molar-refractivity contribution in [3.8, 4) is 0 Å². The normalized spacial score (nSPS) is 33.2. The molecule has 2 unspecified atom stereocenters. The predicted molar refractivity (Wildman–Crippen MR) is 72.8 cm³/mol. The Balaban J connectivity index is 1.83. The van der Waals surface area contributed by atoms with Crippen LogP contribution >= 0.6 is 0 Å². The maximum Gasteiger partial charge on any atom is 0.0259 e. The van der Waals surface area contributed by atoms with Gasteiger partial charge >= 0.3 is 0 Å². The first-order valence-corrected chi connectivity index (χ1v) is 7.36. The quantitative estimate of drug-likeness (QED) is 0.812. The van der Waals surface area contributed by atoms with E-state index in [1.807, 2.05) is 0 Å². The Bertz CT molecular complexity index is 222. The van der Waals surface area contributed by atoms with Crippen LogP contribution in [0, 0.1) is 11.8 Å². The van der Waals surface area contributed by atoms with Gasteiger partial charge in [0.25, 0.3) is 0 Å². The van der Waals surface area contributed by atoms with Crippen LogP contribution in [0.3, 0.4) is 0 Å². The Morgan fingerprint density at radius 3 is 2.29 bits per heavy atom. The molecule has 0 aromatic heterocycles. The molecule has 2 aliphatic rings. The first-order valence-electron chi connectivity index (χ1n) is 7.36. The SMILES string of the molecule is CC(C)C1CCCCC1NN1CCN(C)CC1. The molecule has 0 aromatic carbocycles. The first-order chi connectivity index (χ1) is 8.16. The summed E-state index contributed by atoms with van der Waals surface area (Å²) in [5.41, 5.74) is 3.82. The van der Waals surface area contributed by atoms with E-state index in [0.717, 1.165) is 17.9 Å². The summed E-state index contributed by atoms with van der Waals surface area (Å²) < 4.78 is 0. The maximum atomic E-state index is 3.82. The zero-order valence-corrected chi connectivity index (χ0v) is 11.8. The average molecular weight is 239 g/mol. The van der Waals surface area contributed by atoms with Gasteiger partial charge in [0.1, 0.15) is 0 Å². The van der Waals surface area contributed by atoms with Crippen LogP contribution in [-0.4, -0.2) is 49.2 Å². The van der Waals surface area contributed by atoms with Gasteiger partial charge < -0.3 is 4.90 Å². The van der Waals surface area contributed by atoms with E-state index in [0.29, 0.717) is 0 Å². The first kappa shape index (κ1) is 13.3. The van der Waals surface area contributed by atoms with Gasteiger partial charge in [-0.1, -0.05) is 26.7 Å². The largest absolute Gasteiger partial charge is 0.304 e. The third-order valence-electron chi connectivity index (χ3n) is 4.53. The molecule has 1 N–H and O–H groups in total. The fourth-order valence-electron chi connectivity index (χ4n) is 3.29. The van der Waals surface area contributed by atoms with Crippen molar-refractivity contribution in [2.75, 3.05) is 33.2 Å². The summed E-state index contributed by atoms with van der Waals surface area (Å²) in [5.74, 6) is 1.70. The van der Waals surface area contributed by atoms with Crippen LogP contribution in [0.1, 0.15) is 39.5 Å². The Labute approximate surface area is 107 Å². The molecular formula is C14H29N3. The van der Waals surface area contributed by atoms with E-state index in [1.165, 1.54) is 51.9 Å². The molecule has 1 heterocycles. The highest BCUT2D eigenvalue weighted by Gasteiger charge is 2.29. The molecule has 0 amide bonds. The molecule has 0 bridgehead atoms. The third kappa shape index (κ3) is 3.67. The van der Waals surface area contributed by atoms with Crippen molar-refractivity contribution >= 4 is 0 Å². The number of nitrogens with one attached hydrogen (secondary N) is 1. The minimum atomic E-state index is 0.729. The fraction of sp³-hybridized carbons (Fsp3) is 1.00. The van der Waals surface area contributed by atoms with Gasteiger partial charge in [-0.3, -0.25) is 5.43 Å². The predicted octanol–water partition coefficient (Wildman–Crippen LogP) is 1.95. The van der Waals surface area contributed by atoms with Gasteiger partial charge in [-0.2, -0.15) is 0 Å². The lowest BCUT2D eigenvalue weighted by Crippen LogP contribution is -2.56. The van der Waals surface area contributed by atoms with E-state index in [2.05, 4.69) is 36.2 Å². The topological polar surface area (TPSA) is 18.5 Å².